The number of methoxy groups -OCH3 is 1. The first-order valence-electron chi connectivity index (χ1n) is 7.99. The highest BCUT2D eigenvalue weighted by atomic mass is 16.5. The summed E-state index contributed by atoms with van der Waals surface area (Å²) in [4.78, 5) is 14.4. The van der Waals surface area contributed by atoms with Gasteiger partial charge in [0.15, 0.2) is 0 Å². The number of carbonyl (C=O) groups excluding carboxylic acids is 1. The van der Waals surface area contributed by atoms with Crippen LogP contribution in [-0.4, -0.2) is 48.3 Å². The van der Waals surface area contributed by atoms with E-state index in [9.17, 15) is 9.90 Å². The van der Waals surface area contributed by atoms with Gasteiger partial charge in [-0.1, -0.05) is 36.8 Å². The molecule has 4 nitrogen and oxygen atoms in total. The summed E-state index contributed by atoms with van der Waals surface area (Å²) in [5, 5.41) is 10.7. The van der Waals surface area contributed by atoms with Gasteiger partial charge in [0.1, 0.15) is 0 Å². The first kappa shape index (κ1) is 17.0. The highest BCUT2D eigenvalue weighted by Gasteiger charge is 2.39. The van der Waals surface area contributed by atoms with Crippen LogP contribution in [0.2, 0.25) is 0 Å². The number of carbonyl (C=O) groups is 1. The molecule has 1 saturated heterocycles. The number of hydrogen-bond acceptors (Lipinski definition) is 3. The fraction of sp³-hybridized carbons (Fsp3) is 0.611. The van der Waals surface area contributed by atoms with Gasteiger partial charge in [-0.05, 0) is 25.3 Å². The van der Waals surface area contributed by atoms with Crippen molar-refractivity contribution in [3.63, 3.8) is 0 Å². The van der Waals surface area contributed by atoms with E-state index in [1.807, 2.05) is 36.9 Å². The van der Waals surface area contributed by atoms with Crippen LogP contribution >= 0.6 is 0 Å². The molecular formula is C18H27NO3. The van der Waals surface area contributed by atoms with Crippen LogP contribution in [0.4, 0.5) is 0 Å². The van der Waals surface area contributed by atoms with Crippen LogP contribution in [0.25, 0.3) is 0 Å². The smallest absolute Gasteiger partial charge is 0.227 e. The van der Waals surface area contributed by atoms with Crippen LogP contribution in [0.5, 0.6) is 0 Å². The summed E-state index contributed by atoms with van der Waals surface area (Å²) >= 11 is 0. The molecule has 122 valence electrons. The molecule has 22 heavy (non-hydrogen) atoms. The van der Waals surface area contributed by atoms with Gasteiger partial charge in [-0.2, -0.15) is 0 Å². The van der Waals surface area contributed by atoms with Crippen molar-refractivity contribution in [1.29, 1.82) is 0 Å². The van der Waals surface area contributed by atoms with Gasteiger partial charge in [0.2, 0.25) is 5.91 Å². The molecule has 4 heteroatoms. The van der Waals surface area contributed by atoms with E-state index in [0.29, 0.717) is 39.0 Å². The van der Waals surface area contributed by atoms with Gasteiger partial charge in [0.25, 0.3) is 0 Å². The number of rotatable bonds is 5. The third-order valence-electron chi connectivity index (χ3n) is 4.76. The van der Waals surface area contributed by atoms with Gasteiger partial charge in [0, 0.05) is 32.7 Å². The van der Waals surface area contributed by atoms with E-state index in [4.69, 9.17) is 4.74 Å². The summed E-state index contributed by atoms with van der Waals surface area (Å²) < 4.78 is 5.08. The van der Waals surface area contributed by atoms with Gasteiger partial charge in [0.05, 0.1) is 12.0 Å². The largest absolute Gasteiger partial charge is 0.389 e. The van der Waals surface area contributed by atoms with Crippen LogP contribution < -0.4 is 0 Å². The van der Waals surface area contributed by atoms with Crippen LogP contribution in [0, 0.1) is 12.8 Å². The fourth-order valence-corrected chi connectivity index (χ4v) is 3.15. The number of aliphatic hydroxyl groups is 1. The first-order chi connectivity index (χ1) is 10.4. The minimum absolute atomic E-state index is 0.0675. The van der Waals surface area contributed by atoms with Crippen molar-refractivity contribution >= 4 is 5.91 Å². The Morgan fingerprint density at radius 1 is 1.50 bits per heavy atom. The number of aryl methyl sites for hydroxylation is 1. The van der Waals surface area contributed by atoms with E-state index in [-0.39, 0.29) is 11.8 Å². The zero-order valence-electron chi connectivity index (χ0n) is 13.8. The summed E-state index contributed by atoms with van der Waals surface area (Å²) in [6.07, 6.45) is 1.69. The highest BCUT2D eigenvalue weighted by Crippen LogP contribution is 2.31. The van der Waals surface area contributed by atoms with Gasteiger partial charge < -0.3 is 14.7 Å². The summed E-state index contributed by atoms with van der Waals surface area (Å²) in [5.74, 6) is 0.212. The predicted molar refractivity (Wildman–Crippen MR) is 86.7 cm³/mol. The van der Waals surface area contributed by atoms with Crippen molar-refractivity contribution in [3.8, 4) is 0 Å². The van der Waals surface area contributed by atoms with Crippen LogP contribution in [0.1, 0.15) is 30.9 Å². The first-order valence-corrected chi connectivity index (χ1v) is 7.99. The average molecular weight is 305 g/mol. The van der Waals surface area contributed by atoms with Gasteiger partial charge in [-0.15, -0.1) is 0 Å². The lowest BCUT2D eigenvalue weighted by Crippen LogP contribution is -2.53. The lowest BCUT2D eigenvalue weighted by molar-refractivity contribution is -0.139. The van der Waals surface area contributed by atoms with E-state index in [1.165, 1.54) is 5.56 Å². The zero-order valence-corrected chi connectivity index (χ0v) is 13.8. The molecule has 0 radical (unpaired) electrons. The van der Waals surface area contributed by atoms with E-state index in [1.54, 1.807) is 7.11 Å². The monoisotopic (exact) mass is 305 g/mol. The lowest BCUT2D eigenvalue weighted by Gasteiger charge is -2.43. The number of amides is 1. The molecule has 1 aliphatic heterocycles. The van der Waals surface area contributed by atoms with E-state index < -0.39 is 5.60 Å². The normalized spacial score (nSPS) is 25.3. The SMILES string of the molecule is COCCC1(O)CCN(C(=O)Cc2cccc(C)c2)CC1C. The molecule has 1 fully saturated rings. The molecule has 1 aromatic rings. The van der Waals surface area contributed by atoms with Crippen molar-refractivity contribution in [1.82, 2.24) is 4.90 Å². The predicted octanol–water partition coefficient (Wildman–Crippen LogP) is 2.17. The molecule has 0 spiro atoms. The molecule has 1 heterocycles. The van der Waals surface area contributed by atoms with Gasteiger partial charge >= 0.3 is 0 Å². The molecule has 1 amide bonds. The van der Waals surface area contributed by atoms with Crippen LogP contribution in [0.3, 0.4) is 0 Å². The standard InChI is InChI=1S/C18H27NO3/c1-14-5-4-6-16(11-14)12-17(20)19-9-7-18(21,8-10-22-3)15(2)13-19/h4-6,11,15,21H,7-10,12-13H2,1-3H3. The minimum atomic E-state index is -0.712. The van der Waals surface area contributed by atoms with Crippen LogP contribution in [-0.2, 0) is 16.0 Å². The maximum atomic E-state index is 12.5. The number of hydrogen-bond donors (Lipinski definition) is 1. The fourth-order valence-electron chi connectivity index (χ4n) is 3.15. The van der Waals surface area contributed by atoms with E-state index >= 15 is 0 Å². The Balaban J connectivity index is 1.93. The van der Waals surface area contributed by atoms with Crippen molar-refractivity contribution < 1.29 is 14.6 Å². The molecule has 2 unspecified atom stereocenters. The summed E-state index contributed by atoms with van der Waals surface area (Å²) in [5.41, 5.74) is 1.51. The third-order valence-corrected chi connectivity index (χ3v) is 4.76. The third kappa shape index (κ3) is 4.08. The van der Waals surface area contributed by atoms with Crippen LogP contribution in [0.15, 0.2) is 24.3 Å². The molecule has 0 aliphatic carbocycles. The van der Waals surface area contributed by atoms with Crippen molar-refractivity contribution in [2.45, 2.75) is 38.7 Å². The number of nitrogens with zero attached hydrogens (tertiary/aromatic N) is 1. The molecule has 1 aromatic carbocycles. The molecule has 2 rings (SSSR count). The topological polar surface area (TPSA) is 49.8 Å². The molecule has 0 aromatic heterocycles. The van der Waals surface area contributed by atoms with Gasteiger partial charge in [-0.3, -0.25) is 4.79 Å². The summed E-state index contributed by atoms with van der Waals surface area (Å²) in [7, 11) is 1.65. The second-order valence-corrected chi connectivity index (χ2v) is 6.50. The maximum Gasteiger partial charge on any atom is 0.227 e. The molecule has 0 bridgehead atoms. The second kappa shape index (κ2) is 7.25. The Kier molecular flexibility index (Phi) is 5.59. The Labute approximate surface area is 133 Å². The van der Waals surface area contributed by atoms with Crippen molar-refractivity contribution in [2.75, 3.05) is 26.8 Å². The number of piperidine rings is 1. The lowest BCUT2D eigenvalue weighted by atomic mass is 9.79. The van der Waals surface area contributed by atoms with Crippen molar-refractivity contribution in [2.24, 2.45) is 5.92 Å². The minimum Gasteiger partial charge on any atom is -0.389 e. The molecular weight excluding hydrogens is 278 g/mol. The van der Waals surface area contributed by atoms with Gasteiger partial charge in [-0.25, -0.2) is 0 Å². The molecule has 2 atom stereocenters. The summed E-state index contributed by atoms with van der Waals surface area (Å²) in [6, 6.07) is 8.07. The Morgan fingerprint density at radius 3 is 2.91 bits per heavy atom. The number of benzene rings is 1. The zero-order chi connectivity index (χ0) is 16.2. The second-order valence-electron chi connectivity index (χ2n) is 6.50. The van der Waals surface area contributed by atoms with Crippen molar-refractivity contribution in [3.05, 3.63) is 35.4 Å². The Morgan fingerprint density at radius 2 is 2.27 bits per heavy atom. The highest BCUT2D eigenvalue weighted by molar-refractivity contribution is 5.79. The maximum absolute atomic E-state index is 12.5. The number of likely N-dealkylation sites (tertiary alicyclic amines) is 1. The number of ether oxygens (including phenoxy) is 1. The van der Waals surface area contributed by atoms with E-state index in [2.05, 4.69) is 6.07 Å². The molecule has 1 N–H and O–H groups in total. The summed E-state index contributed by atoms with van der Waals surface area (Å²) in [6.45, 7) is 5.84. The Bertz CT molecular complexity index is 517. The molecule has 0 saturated carbocycles. The Hall–Kier alpha value is -1.39. The average Bonchev–Trinajstić information content (AvgIpc) is 2.48. The quantitative estimate of drug-likeness (QED) is 0.907. The van der Waals surface area contributed by atoms with E-state index in [0.717, 1.165) is 5.56 Å². The molecule has 1 aliphatic rings.